The fraction of sp³-hybridized carbons (Fsp3) is 1.00. The van der Waals surface area contributed by atoms with Crippen molar-refractivity contribution < 1.29 is 10.5 Å². The standard InChI is InChI=1S/C7H16N2.H2O2/c1-8-7-3-5-9(2)6-4-7;1-2/h7-8H,3-6H2,1-2H3;1-2H. The van der Waals surface area contributed by atoms with Gasteiger partial charge in [0.1, 0.15) is 0 Å². The van der Waals surface area contributed by atoms with E-state index in [1.54, 1.807) is 0 Å². The van der Waals surface area contributed by atoms with Gasteiger partial charge in [0.2, 0.25) is 0 Å². The molecule has 0 spiro atoms. The minimum atomic E-state index is 0.779. The third-order valence-electron chi connectivity index (χ3n) is 2.13. The molecule has 0 aromatic carbocycles. The Balaban J connectivity index is 0.000000461. The fourth-order valence-corrected chi connectivity index (χ4v) is 1.30. The lowest BCUT2D eigenvalue weighted by atomic mass is 10.1. The predicted molar refractivity (Wildman–Crippen MR) is 44.8 cm³/mol. The van der Waals surface area contributed by atoms with Crippen LogP contribution in [0.2, 0.25) is 0 Å². The summed E-state index contributed by atoms with van der Waals surface area (Å²) in [6.45, 7) is 2.51. The zero-order valence-corrected chi connectivity index (χ0v) is 7.25. The number of hydrogen-bond donors (Lipinski definition) is 3. The van der Waals surface area contributed by atoms with Crippen molar-refractivity contribution in [2.75, 3.05) is 27.2 Å². The van der Waals surface area contributed by atoms with Crippen molar-refractivity contribution in [2.45, 2.75) is 18.9 Å². The molecule has 1 fully saturated rings. The molecule has 0 unspecified atom stereocenters. The molecule has 0 atom stereocenters. The van der Waals surface area contributed by atoms with Gasteiger partial charge < -0.3 is 10.2 Å². The van der Waals surface area contributed by atoms with E-state index in [2.05, 4.69) is 24.3 Å². The lowest BCUT2D eigenvalue weighted by Crippen LogP contribution is -2.39. The second-order valence-electron chi connectivity index (χ2n) is 2.87. The predicted octanol–water partition coefficient (Wildman–Crippen LogP) is 0.317. The Bertz CT molecular complexity index is 82.5. The molecular weight excluding hydrogens is 144 g/mol. The van der Waals surface area contributed by atoms with E-state index in [0.717, 1.165) is 6.04 Å². The van der Waals surface area contributed by atoms with E-state index in [1.165, 1.54) is 25.9 Å². The number of likely N-dealkylation sites (tertiary alicyclic amines) is 1. The maximum absolute atomic E-state index is 6.00. The van der Waals surface area contributed by atoms with E-state index in [1.807, 2.05) is 0 Å². The average Bonchev–Trinajstić information content (AvgIpc) is 2.10. The van der Waals surface area contributed by atoms with Gasteiger partial charge in [-0.2, -0.15) is 0 Å². The fourth-order valence-electron chi connectivity index (χ4n) is 1.30. The first kappa shape index (κ1) is 10.8. The lowest BCUT2D eigenvalue weighted by Gasteiger charge is -2.28. The van der Waals surface area contributed by atoms with Crippen LogP contribution in [-0.2, 0) is 0 Å². The second-order valence-corrected chi connectivity index (χ2v) is 2.87. The van der Waals surface area contributed by atoms with Crippen molar-refractivity contribution in [3.63, 3.8) is 0 Å². The van der Waals surface area contributed by atoms with Crippen molar-refractivity contribution in [2.24, 2.45) is 0 Å². The highest BCUT2D eigenvalue weighted by Crippen LogP contribution is 2.06. The monoisotopic (exact) mass is 162 g/mol. The molecule has 1 aliphatic rings. The van der Waals surface area contributed by atoms with Crippen LogP contribution in [-0.4, -0.2) is 48.6 Å². The molecule has 3 N–H and O–H groups in total. The highest BCUT2D eigenvalue weighted by molar-refractivity contribution is 4.73. The van der Waals surface area contributed by atoms with Gasteiger partial charge in [0.05, 0.1) is 0 Å². The molecule has 1 aliphatic heterocycles. The number of nitrogens with one attached hydrogen (secondary N) is 1. The largest absolute Gasteiger partial charge is 0.317 e. The first-order valence-corrected chi connectivity index (χ1v) is 3.88. The maximum atomic E-state index is 6.00. The Morgan fingerprint density at radius 1 is 1.27 bits per heavy atom. The van der Waals surface area contributed by atoms with Crippen molar-refractivity contribution >= 4 is 0 Å². The van der Waals surface area contributed by atoms with Crippen LogP contribution >= 0.6 is 0 Å². The highest BCUT2D eigenvalue weighted by Gasteiger charge is 2.13. The topological polar surface area (TPSA) is 55.7 Å². The maximum Gasteiger partial charge on any atom is 0.00884 e. The number of rotatable bonds is 1. The molecule has 0 aromatic rings. The number of piperidine rings is 1. The summed E-state index contributed by atoms with van der Waals surface area (Å²) < 4.78 is 0. The summed E-state index contributed by atoms with van der Waals surface area (Å²) in [5.74, 6) is 0. The minimum Gasteiger partial charge on any atom is -0.317 e. The molecule has 0 aliphatic carbocycles. The summed E-state index contributed by atoms with van der Waals surface area (Å²) in [7, 11) is 4.24. The zero-order valence-electron chi connectivity index (χ0n) is 7.25. The Morgan fingerprint density at radius 2 is 1.73 bits per heavy atom. The molecular formula is C7H18N2O2. The van der Waals surface area contributed by atoms with Crippen molar-refractivity contribution in [3.8, 4) is 0 Å². The summed E-state index contributed by atoms with van der Waals surface area (Å²) in [5.41, 5.74) is 0. The Hall–Kier alpha value is -0.160. The number of hydrogen-bond acceptors (Lipinski definition) is 4. The third kappa shape index (κ3) is 4.31. The Kier molecular flexibility index (Phi) is 6.45. The molecule has 68 valence electrons. The van der Waals surface area contributed by atoms with Gasteiger partial charge in [0.25, 0.3) is 0 Å². The summed E-state index contributed by atoms with van der Waals surface area (Å²) in [5, 5.41) is 15.3. The quantitative estimate of drug-likeness (QED) is 0.384. The average molecular weight is 162 g/mol. The van der Waals surface area contributed by atoms with Gasteiger partial charge in [0, 0.05) is 6.04 Å². The molecule has 0 radical (unpaired) electrons. The summed E-state index contributed by atoms with van der Waals surface area (Å²) in [6.07, 6.45) is 2.62. The molecule has 0 bridgehead atoms. The molecule has 0 aromatic heterocycles. The van der Waals surface area contributed by atoms with Crippen LogP contribution < -0.4 is 5.32 Å². The Labute approximate surface area is 67.8 Å². The highest BCUT2D eigenvalue weighted by atomic mass is 17.0. The third-order valence-corrected chi connectivity index (χ3v) is 2.13. The van der Waals surface area contributed by atoms with Crippen molar-refractivity contribution in [1.29, 1.82) is 0 Å². The van der Waals surface area contributed by atoms with Gasteiger partial charge in [-0.1, -0.05) is 0 Å². The van der Waals surface area contributed by atoms with Gasteiger partial charge in [-0.3, -0.25) is 10.5 Å². The number of nitrogens with zero attached hydrogens (tertiary/aromatic N) is 1. The SMILES string of the molecule is CNC1CCN(C)CC1.OO. The molecule has 1 saturated heterocycles. The summed E-state index contributed by atoms with van der Waals surface area (Å²) >= 11 is 0. The van der Waals surface area contributed by atoms with Crippen molar-refractivity contribution in [3.05, 3.63) is 0 Å². The van der Waals surface area contributed by atoms with E-state index >= 15 is 0 Å². The van der Waals surface area contributed by atoms with E-state index in [0.29, 0.717) is 0 Å². The molecule has 4 nitrogen and oxygen atoms in total. The van der Waals surface area contributed by atoms with Gasteiger partial charge in [-0.15, -0.1) is 0 Å². The second kappa shape index (κ2) is 6.54. The van der Waals surface area contributed by atoms with Crippen LogP contribution in [0.25, 0.3) is 0 Å². The van der Waals surface area contributed by atoms with Gasteiger partial charge in [-0.25, -0.2) is 0 Å². The van der Waals surface area contributed by atoms with E-state index in [4.69, 9.17) is 10.5 Å². The van der Waals surface area contributed by atoms with Crippen LogP contribution in [0.4, 0.5) is 0 Å². The zero-order chi connectivity index (χ0) is 8.69. The van der Waals surface area contributed by atoms with Gasteiger partial charge in [-0.05, 0) is 40.0 Å². The molecule has 1 rings (SSSR count). The van der Waals surface area contributed by atoms with E-state index < -0.39 is 0 Å². The minimum absolute atomic E-state index is 0.779. The van der Waals surface area contributed by atoms with Gasteiger partial charge in [0.15, 0.2) is 0 Å². The summed E-state index contributed by atoms with van der Waals surface area (Å²) in [6, 6.07) is 0.779. The van der Waals surface area contributed by atoms with Crippen molar-refractivity contribution in [1.82, 2.24) is 10.2 Å². The van der Waals surface area contributed by atoms with Crippen LogP contribution in [0.1, 0.15) is 12.8 Å². The molecule has 1 heterocycles. The smallest absolute Gasteiger partial charge is 0.00884 e. The van der Waals surface area contributed by atoms with Crippen LogP contribution in [0.3, 0.4) is 0 Å². The first-order valence-electron chi connectivity index (χ1n) is 3.88. The molecule has 0 amide bonds. The molecule has 0 saturated carbocycles. The Morgan fingerprint density at radius 3 is 2.09 bits per heavy atom. The van der Waals surface area contributed by atoms with Crippen LogP contribution in [0.15, 0.2) is 0 Å². The van der Waals surface area contributed by atoms with Crippen LogP contribution in [0.5, 0.6) is 0 Å². The van der Waals surface area contributed by atoms with Gasteiger partial charge >= 0.3 is 0 Å². The van der Waals surface area contributed by atoms with E-state index in [-0.39, 0.29) is 0 Å². The normalized spacial score (nSPS) is 20.7. The lowest BCUT2D eigenvalue weighted by molar-refractivity contribution is -0.176. The molecule has 11 heavy (non-hydrogen) atoms. The van der Waals surface area contributed by atoms with Crippen LogP contribution in [0, 0.1) is 0 Å². The molecule has 4 heteroatoms. The first-order chi connectivity index (χ1) is 5.33. The van der Waals surface area contributed by atoms with E-state index in [9.17, 15) is 0 Å². The summed E-state index contributed by atoms with van der Waals surface area (Å²) in [4.78, 5) is 2.38.